The Morgan fingerprint density at radius 3 is 2.50 bits per heavy atom. The Labute approximate surface area is 144 Å². The van der Waals surface area contributed by atoms with E-state index in [1.165, 1.54) is 17.8 Å². The number of rotatable bonds is 7. The molecular formula is C18H18F2N2OS. The van der Waals surface area contributed by atoms with Gasteiger partial charge in [0.15, 0.2) is 11.6 Å². The van der Waals surface area contributed by atoms with E-state index >= 15 is 0 Å². The van der Waals surface area contributed by atoms with Gasteiger partial charge in [0.05, 0.1) is 10.7 Å². The predicted molar refractivity (Wildman–Crippen MR) is 95.1 cm³/mol. The second-order valence-electron chi connectivity index (χ2n) is 5.00. The first-order valence-corrected chi connectivity index (χ1v) is 8.42. The molecule has 0 saturated heterocycles. The van der Waals surface area contributed by atoms with E-state index in [0.717, 1.165) is 28.4 Å². The highest BCUT2D eigenvalue weighted by atomic mass is 32.2. The topological polar surface area (TPSA) is 33.6 Å². The van der Waals surface area contributed by atoms with Crippen LogP contribution in [0.5, 0.6) is 5.75 Å². The molecule has 2 aromatic carbocycles. The largest absolute Gasteiger partial charge is 0.489 e. The van der Waals surface area contributed by atoms with Crippen molar-refractivity contribution in [2.24, 2.45) is 5.10 Å². The van der Waals surface area contributed by atoms with E-state index in [-0.39, 0.29) is 6.61 Å². The normalized spacial score (nSPS) is 11.2. The Kier molecular flexibility index (Phi) is 6.37. The summed E-state index contributed by atoms with van der Waals surface area (Å²) in [4.78, 5) is 0. The van der Waals surface area contributed by atoms with Crippen molar-refractivity contribution in [3.05, 3.63) is 76.8 Å². The van der Waals surface area contributed by atoms with Crippen LogP contribution in [0.2, 0.25) is 0 Å². The Bertz CT molecular complexity index is 745. The fourth-order valence-electron chi connectivity index (χ4n) is 1.84. The number of ether oxygens (including phenoxy) is 1. The lowest BCUT2D eigenvalue weighted by molar-refractivity contribution is 0.305. The van der Waals surface area contributed by atoms with Crippen LogP contribution < -0.4 is 10.2 Å². The quantitative estimate of drug-likeness (QED) is 0.582. The minimum Gasteiger partial charge on any atom is -0.489 e. The van der Waals surface area contributed by atoms with Gasteiger partial charge in [-0.25, -0.2) is 8.78 Å². The molecule has 0 amide bonds. The molecule has 0 unspecified atom stereocenters. The van der Waals surface area contributed by atoms with Crippen LogP contribution in [0.3, 0.4) is 0 Å². The van der Waals surface area contributed by atoms with Gasteiger partial charge in [-0.3, -0.25) is 5.43 Å². The molecule has 0 aliphatic heterocycles. The maximum absolute atomic E-state index is 13.1. The number of hydrazone groups is 1. The van der Waals surface area contributed by atoms with Crippen molar-refractivity contribution in [1.82, 2.24) is 5.43 Å². The van der Waals surface area contributed by atoms with Crippen LogP contribution >= 0.6 is 11.8 Å². The number of thioether (sulfide) groups is 1. The van der Waals surface area contributed by atoms with Crippen molar-refractivity contribution in [1.29, 1.82) is 0 Å². The lowest BCUT2D eigenvalue weighted by Gasteiger charge is -2.08. The van der Waals surface area contributed by atoms with E-state index < -0.39 is 11.6 Å². The van der Waals surface area contributed by atoms with Crippen LogP contribution in [0.4, 0.5) is 8.78 Å². The average molecular weight is 348 g/mol. The summed E-state index contributed by atoms with van der Waals surface area (Å²) in [5, 5.41) is 5.00. The van der Waals surface area contributed by atoms with Gasteiger partial charge in [-0.2, -0.15) is 5.10 Å². The molecule has 0 aliphatic carbocycles. The van der Waals surface area contributed by atoms with E-state index in [1.807, 2.05) is 25.3 Å². The first kappa shape index (κ1) is 18.0. The Hall–Kier alpha value is -2.34. The summed E-state index contributed by atoms with van der Waals surface area (Å²) in [7, 11) is 0. The Balaban J connectivity index is 1.96. The van der Waals surface area contributed by atoms with E-state index in [9.17, 15) is 8.78 Å². The Morgan fingerprint density at radius 1 is 1.17 bits per heavy atom. The number of nitrogens with one attached hydrogen (secondary N) is 1. The standard InChI is InChI=1S/C18H18F2N2OS/c1-12(21-22-13(2)24-3)15-5-7-16(8-6-15)23-11-14-4-9-17(19)18(20)10-14/h4-10,22H,2,11H2,1,3H3/b21-12+. The molecule has 126 valence electrons. The van der Waals surface area contributed by atoms with Crippen LogP contribution in [0.25, 0.3) is 0 Å². The smallest absolute Gasteiger partial charge is 0.159 e. The number of halogens is 2. The molecule has 2 rings (SSSR count). The highest BCUT2D eigenvalue weighted by Crippen LogP contribution is 2.16. The molecule has 0 fully saturated rings. The predicted octanol–water partition coefficient (Wildman–Crippen LogP) is 4.69. The minimum absolute atomic E-state index is 0.165. The zero-order valence-corrected chi connectivity index (χ0v) is 14.3. The molecule has 2 aromatic rings. The highest BCUT2D eigenvalue weighted by molar-refractivity contribution is 8.02. The fraction of sp³-hybridized carbons (Fsp3) is 0.167. The lowest BCUT2D eigenvalue weighted by atomic mass is 10.1. The van der Waals surface area contributed by atoms with E-state index in [4.69, 9.17) is 4.74 Å². The third-order valence-electron chi connectivity index (χ3n) is 3.26. The van der Waals surface area contributed by atoms with E-state index in [1.54, 1.807) is 12.1 Å². The number of hydrogen-bond acceptors (Lipinski definition) is 4. The van der Waals surface area contributed by atoms with Crippen molar-refractivity contribution < 1.29 is 13.5 Å². The number of benzene rings is 2. The minimum atomic E-state index is -0.877. The van der Waals surface area contributed by atoms with Gasteiger partial charge in [0, 0.05) is 0 Å². The molecule has 0 aromatic heterocycles. The molecule has 0 aliphatic rings. The highest BCUT2D eigenvalue weighted by Gasteiger charge is 2.04. The van der Waals surface area contributed by atoms with Gasteiger partial charge < -0.3 is 4.74 Å². The molecular weight excluding hydrogens is 330 g/mol. The molecule has 24 heavy (non-hydrogen) atoms. The van der Waals surface area contributed by atoms with Crippen molar-refractivity contribution in [2.45, 2.75) is 13.5 Å². The van der Waals surface area contributed by atoms with Crippen molar-refractivity contribution >= 4 is 17.5 Å². The molecule has 1 N–H and O–H groups in total. The second kappa shape index (κ2) is 8.49. The van der Waals surface area contributed by atoms with Crippen LogP contribution in [-0.2, 0) is 6.61 Å². The van der Waals surface area contributed by atoms with Gasteiger partial charge in [-0.05, 0) is 60.7 Å². The van der Waals surface area contributed by atoms with E-state index in [0.29, 0.717) is 11.3 Å². The van der Waals surface area contributed by atoms with Gasteiger partial charge in [0.2, 0.25) is 0 Å². The maximum Gasteiger partial charge on any atom is 0.159 e. The summed E-state index contributed by atoms with van der Waals surface area (Å²) < 4.78 is 31.6. The first-order valence-electron chi connectivity index (χ1n) is 7.20. The first-order chi connectivity index (χ1) is 11.5. The zero-order valence-electron chi connectivity index (χ0n) is 13.5. The molecule has 6 heteroatoms. The summed E-state index contributed by atoms with van der Waals surface area (Å²) in [6.45, 7) is 5.84. The van der Waals surface area contributed by atoms with Gasteiger partial charge in [-0.1, -0.05) is 12.6 Å². The van der Waals surface area contributed by atoms with Gasteiger partial charge in [0.1, 0.15) is 12.4 Å². The molecule has 3 nitrogen and oxygen atoms in total. The summed E-state index contributed by atoms with van der Waals surface area (Å²) in [6, 6.07) is 11.1. The molecule has 0 bridgehead atoms. The summed E-state index contributed by atoms with van der Waals surface area (Å²) in [6.07, 6.45) is 1.92. The lowest BCUT2D eigenvalue weighted by Crippen LogP contribution is -2.06. The summed E-state index contributed by atoms with van der Waals surface area (Å²) in [5.74, 6) is -1.11. The fourth-order valence-corrected chi connectivity index (χ4v) is 1.98. The third kappa shape index (κ3) is 5.09. The maximum atomic E-state index is 13.1. The molecule has 0 heterocycles. The molecule has 0 spiro atoms. The number of hydrogen-bond donors (Lipinski definition) is 1. The van der Waals surface area contributed by atoms with Gasteiger partial charge in [0.25, 0.3) is 0 Å². The number of nitrogens with zero attached hydrogens (tertiary/aromatic N) is 1. The third-order valence-corrected chi connectivity index (χ3v) is 3.84. The monoisotopic (exact) mass is 348 g/mol. The summed E-state index contributed by atoms with van der Waals surface area (Å²) >= 11 is 1.49. The van der Waals surface area contributed by atoms with Crippen LogP contribution in [0.1, 0.15) is 18.1 Å². The second-order valence-corrected chi connectivity index (χ2v) is 5.90. The van der Waals surface area contributed by atoms with Gasteiger partial charge >= 0.3 is 0 Å². The van der Waals surface area contributed by atoms with Gasteiger partial charge in [-0.15, -0.1) is 11.8 Å². The van der Waals surface area contributed by atoms with Crippen LogP contribution in [0, 0.1) is 11.6 Å². The SMILES string of the molecule is C=C(N/N=C(\C)c1ccc(OCc2ccc(F)c(F)c2)cc1)SC. The Morgan fingerprint density at radius 2 is 1.88 bits per heavy atom. The average Bonchev–Trinajstić information content (AvgIpc) is 2.60. The molecule has 0 radical (unpaired) electrons. The molecule has 0 atom stereocenters. The van der Waals surface area contributed by atoms with Crippen LogP contribution in [0.15, 0.2) is 59.2 Å². The van der Waals surface area contributed by atoms with E-state index in [2.05, 4.69) is 17.1 Å². The van der Waals surface area contributed by atoms with Crippen molar-refractivity contribution in [3.8, 4) is 5.75 Å². The summed E-state index contributed by atoms with van der Waals surface area (Å²) in [5.41, 5.74) is 5.18. The molecule has 0 saturated carbocycles. The van der Waals surface area contributed by atoms with Crippen molar-refractivity contribution in [3.63, 3.8) is 0 Å². The van der Waals surface area contributed by atoms with Crippen LogP contribution in [-0.4, -0.2) is 12.0 Å². The zero-order chi connectivity index (χ0) is 17.5. The van der Waals surface area contributed by atoms with Crippen molar-refractivity contribution in [2.75, 3.05) is 6.26 Å².